The summed E-state index contributed by atoms with van der Waals surface area (Å²) in [6.07, 6.45) is 14.7. The Morgan fingerprint density at radius 3 is 2.21 bits per heavy atom. The van der Waals surface area contributed by atoms with Crippen LogP contribution in [-0.4, -0.2) is 12.9 Å². The van der Waals surface area contributed by atoms with Crippen molar-refractivity contribution in [1.29, 1.82) is 0 Å². The molecule has 1 fully saturated rings. The van der Waals surface area contributed by atoms with Crippen LogP contribution in [0.5, 0.6) is 0 Å². The van der Waals surface area contributed by atoms with E-state index in [1.54, 1.807) is 0 Å². The summed E-state index contributed by atoms with van der Waals surface area (Å²) in [6.45, 7) is 13.5. The predicted molar refractivity (Wildman–Crippen MR) is 189 cm³/mol. The van der Waals surface area contributed by atoms with Gasteiger partial charge in [0.25, 0.3) is 0 Å². The molecule has 0 aliphatic heterocycles. The lowest BCUT2D eigenvalue weighted by atomic mass is 9.85. The predicted octanol–water partition coefficient (Wildman–Crippen LogP) is 11.3. The molecule has 0 radical (unpaired) electrons. The quantitative estimate of drug-likeness (QED) is 0.0826. The highest BCUT2D eigenvalue weighted by atomic mass is 32.1. The van der Waals surface area contributed by atoms with Gasteiger partial charge in [-0.2, -0.15) is 12.6 Å². The zero-order chi connectivity index (χ0) is 29.9. The van der Waals surface area contributed by atoms with Crippen LogP contribution in [0, 0.1) is 11.8 Å². The summed E-state index contributed by atoms with van der Waals surface area (Å²) in [4.78, 5) is 4.67. The number of hydrogen-bond acceptors (Lipinski definition) is 3. The van der Waals surface area contributed by atoms with Crippen LogP contribution in [0.4, 0.5) is 11.4 Å². The highest BCUT2D eigenvalue weighted by Crippen LogP contribution is 2.39. The van der Waals surface area contributed by atoms with Gasteiger partial charge in [-0.1, -0.05) is 107 Å². The largest absolute Gasteiger partial charge is 0.366 e. The van der Waals surface area contributed by atoms with E-state index in [-0.39, 0.29) is 6.04 Å². The third-order valence-electron chi connectivity index (χ3n) is 9.22. The minimum atomic E-state index is 0.190. The fourth-order valence-electron chi connectivity index (χ4n) is 6.46. The molecule has 3 aromatic rings. The minimum Gasteiger partial charge on any atom is -0.366 e. The van der Waals surface area contributed by atoms with Crippen LogP contribution in [0.1, 0.15) is 88.8 Å². The van der Waals surface area contributed by atoms with Gasteiger partial charge in [0.1, 0.15) is 0 Å². The van der Waals surface area contributed by atoms with Gasteiger partial charge in [-0.15, -0.1) is 6.58 Å². The molecule has 224 valence electrons. The zero-order valence-electron chi connectivity index (χ0n) is 26.3. The molecule has 2 atom stereocenters. The molecule has 0 heterocycles. The molecule has 1 aliphatic carbocycles. The Bertz CT molecular complexity index is 1260. The molecule has 1 saturated carbocycles. The first-order valence-corrected chi connectivity index (χ1v) is 16.8. The van der Waals surface area contributed by atoms with Crippen LogP contribution in [0.25, 0.3) is 11.1 Å². The average Bonchev–Trinajstić information content (AvgIpc) is 3.04. The van der Waals surface area contributed by atoms with Crippen molar-refractivity contribution >= 4 is 24.0 Å². The molecule has 2 unspecified atom stereocenters. The van der Waals surface area contributed by atoms with E-state index in [9.17, 15) is 0 Å². The average molecular weight is 581 g/mol. The summed E-state index contributed by atoms with van der Waals surface area (Å²) in [5.74, 6) is 1.78. The molecule has 0 N–H and O–H groups in total. The minimum absolute atomic E-state index is 0.190. The first kappa shape index (κ1) is 32.0. The number of allylic oxidation sites excluding steroid dienone is 2. The Hall–Kier alpha value is -2.91. The first-order valence-electron chi connectivity index (χ1n) is 16.2. The fourth-order valence-corrected chi connectivity index (χ4v) is 6.62. The van der Waals surface area contributed by atoms with Gasteiger partial charge in [0, 0.05) is 24.1 Å². The van der Waals surface area contributed by atoms with Crippen molar-refractivity contribution < 1.29 is 0 Å². The van der Waals surface area contributed by atoms with E-state index in [2.05, 4.69) is 129 Å². The van der Waals surface area contributed by atoms with Crippen molar-refractivity contribution in [2.75, 3.05) is 22.7 Å². The van der Waals surface area contributed by atoms with E-state index in [0.717, 1.165) is 6.42 Å². The molecule has 0 amide bonds. The Labute approximate surface area is 261 Å². The normalized spacial score (nSPS) is 15.1. The number of nitrogens with zero attached hydrogens (tertiary/aromatic N) is 2. The number of hydrogen-bond donors (Lipinski definition) is 1. The summed E-state index contributed by atoms with van der Waals surface area (Å²) in [5, 5.41) is 0. The highest BCUT2D eigenvalue weighted by molar-refractivity contribution is 7.80. The molecule has 0 spiro atoms. The monoisotopic (exact) mass is 580 g/mol. The van der Waals surface area contributed by atoms with Gasteiger partial charge in [-0.05, 0) is 91.0 Å². The Morgan fingerprint density at radius 2 is 1.60 bits per heavy atom. The van der Waals surface area contributed by atoms with Crippen LogP contribution in [-0.2, 0) is 6.42 Å². The van der Waals surface area contributed by atoms with E-state index >= 15 is 0 Å². The van der Waals surface area contributed by atoms with E-state index in [0.29, 0.717) is 17.7 Å². The highest BCUT2D eigenvalue weighted by Gasteiger charge is 2.26. The third-order valence-corrected chi connectivity index (χ3v) is 9.64. The van der Waals surface area contributed by atoms with Gasteiger partial charge >= 0.3 is 0 Å². The lowest BCUT2D eigenvalue weighted by molar-refractivity contribution is 0.392. The van der Waals surface area contributed by atoms with Crippen LogP contribution >= 0.6 is 12.6 Å². The van der Waals surface area contributed by atoms with Crippen molar-refractivity contribution in [3.05, 3.63) is 109 Å². The van der Waals surface area contributed by atoms with Gasteiger partial charge in [-0.25, -0.2) is 0 Å². The molecule has 4 rings (SSSR count). The Morgan fingerprint density at radius 1 is 0.929 bits per heavy atom. The maximum absolute atomic E-state index is 4.75. The van der Waals surface area contributed by atoms with Gasteiger partial charge < -0.3 is 9.80 Å². The Kier molecular flexibility index (Phi) is 12.3. The maximum atomic E-state index is 4.75. The Balaban J connectivity index is 1.59. The van der Waals surface area contributed by atoms with Gasteiger partial charge in [0.05, 0.1) is 11.9 Å². The van der Waals surface area contributed by atoms with Crippen molar-refractivity contribution in [3.8, 4) is 11.1 Å². The standard InChI is InChI=1S/C39H52N2S/c1-6-8-10-14-32(7-2)27-33-15-13-18-39(28-33)41(30(3)34-16-11-9-12-17-34)31(4)35-19-21-36(22-20-35)37-23-25-38(26-24-37)40(5)29-42/h7,13,15,18-26,28,31-32,34,42H,2-3,6,8-12,14,16-17,27,29H2,1,4-5H3. The van der Waals surface area contributed by atoms with Crippen molar-refractivity contribution in [1.82, 2.24) is 0 Å². The summed E-state index contributed by atoms with van der Waals surface area (Å²) >= 11 is 4.40. The number of benzene rings is 3. The van der Waals surface area contributed by atoms with Gasteiger partial charge in [0.2, 0.25) is 0 Å². The molecule has 1 aliphatic rings. The summed E-state index contributed by atoms with van der Waals surface area (Å²) in [6, 6.07) is 27.3. The maximum Gasteiger partial charge on any atom is 0.0606 e. The lowest BCUT2D eigenvalue weighted by Gasteiger charge is -2.38. The topological polar surface area (TPSA) is 6.48 Å². The molecule has 3 aromatic carbocycles. The van der Waals surface area contributed by atoms with Crippen LogP contribution in [0.2, 0.25) is 0 Å². The summed E-state index contributed by atoms with van der Waals surface area (Å²) in [7, 11) is 2.06. The van der Waals surface area contributed by atoms with E-state index in [4.69, 9.17) is 6.58 Å². The van der Waals surface area contributed by atoms with Crippen LogP contribution < -0.4 is 9.80 Å². The molecule has 3 heteroatoms. The summed E-state index contributed by atoms with van der Waals surface area (Å²) < 4.78 is 0. The van der Waals surface area contributed by atoms with Crippen molar-refractivity contribution in [2.45, 2.75) is 84.1 Å². The number of anilines is 2. The van der Waals surface area contributed by atoms with E-state index in [1.807, 2.05) is 0 Å². The van der Waals surface area contributed by atoms with Gasteiger partial charge in [-0.3, -0.25) is 0 Å². The summed E-state index contributed by atoms with van der Waals surface area (Å²) in [5.41, 5.74) is 8.90. The molecule has 0 bridgehead atoms. The third kappa shape index (κ3) is 8.34. The zero-order valence-corrected chi connectivity index (χ0v) is 27.2. The van der Waals surface area contributed by atoms with E-state index < -0.39 is 0 Å². The molecule has 2 nitrogen and oxygen atoms in total. The fraction of sp³-hybridized carbons (Fsp3) is 0.436. The number of thiol groups is 1. The molecular formula is C39H52N2S. The first-order chi connectivity index (χ1) is 20.4. The van der Waals surface area contributed by atoms with Gasteiger partial charge in [0.15, 0.2) is 0 Å². The second-order valence-corrected chi connectivity index (χ2v) is 12.5. The second kappa shape index (κ2) is 16.1. The van der Waals surface area contributed by atoms with Crippen LogP contribution in [0.15, 0.2) is 97.7 Å². The van der Waals surface area contributed by atoms with E-state index in [1.165, 1.54) is 97.1 Å². The van der Waals surface area contributed by atoms with Crippen LogP contribution in [0.3, 0.4) is 0 Å². The SMILES string of the molecule is C=CC(CCCCC)Cc1cccc(N(C(=C)C2CCCCC2)C(C)c2ccc(-c3ccc(N(C)CS)cc3)cc2)c1. The molecule has 42 heavy (non-hydrogen) atoms. The molecular weight excluding hydrogens is 529 g/mol. The van der Waals surface area contributed by atoms with Crippen molar-refractivity contribution in [2.24, 2.45) is 11.8 Å². The molecule has 0 aromatic heterocycles. The lowest BCUT2D eigenvalue weighted by Crippen LogP contribution is -2.30. The van der Waals surface area contributed by atoms with Crippen molar-refractivity contribution in [3.63, 3.8) is 0 Å². The number of unbranched alkanes of at least 4 members (excludes halogenated alkanes) is 2. The second-order valence-electron chi connectivity index (χ2n) is 12.2. The smallest absolute Gasteiger partial charge is 0.0606 e. The molecule has 0 saturated heterocycles. The number of rotatable bonds is 15.